The fourth-order valence-corrected chi connectivity index (χ4v) is 2.21. The Morgan fingerprint density at radius 1 is 0.700 bits per heavy atom. The van der Waals surface area contributed by atoms with E-state index in [1.54, 1.807) is 6.07 Å². The fraction of sp³-hybridized carbons (Fsp3) is 0.812. The molecule has 0 atom stereocenters. The van der Waals surface area contributed by atoms with Gasteiger partial charge in [0.2, 0.25) is 5.78 Å². The van der Waals surface area contributed by atoms with Gasteiger partial charge in [0.15, 0.2) is 0 Å². The van der Waals surface area contributed by atoms with Gasteiger partial charge in [0.05, 0.1) is 0 Å². The number of ketones is 1. The predicted octanol–water partition coefficient (Wildman–Crippen LogP) is 4.23. The summed E-state index contributed by atoms with van der Waals surface area (Å²) in [6.07, 6.45) is 12.9. The van der Waals surface area contributed by atoms with Crippen molar-refractivity contribution in [2.45, 2.75) is 83.5 Å². The van der Waals surface area contributed by atoms with Gasteiger partial charge >= 0.3 is 5.97 Å². The van der Waals surface area contributed by atoms with Crippen LogP contribution in [0, 0.1) is 11.3 Å². The number of carbonyl (C=O) groups excluding carboxylic acids is 1. The van der Waals surface area contributed by atoms with Crippen molar-refractivity contribution < 1.29 is 14.7 Å². The molecule has 0 aromatic rings. The lowest BCUT2D eigenvalue weighted by Crippen LogP contribution is -1.93. The SMILES string of the molecule is N#CC(=O)CCCCCCCCCCCCCC(=O)O. The molecule has 0 aliphatic rings. The van der Waals surface area contributed by atoms with Gasteiger partial charge in [-0.05, 0) is 12.8 Å². The van der Waals surface area contributed by atoms with Gasteiger partial charge in [-0.1, -0.05) is 57.8 Å². The number of aliphatic carboxylic acids is 1. The summed E-state index contributed by atoms with van der Waals surface area (Å²) in [6, 6.07) is 1.64. The van der Waals surface area contributed by atoms with Crippen LogP contribution < -0.4 is 0 Å². The van der Waals surface area contributed by atoms with Crippen LogP contribution in [0.25, 0.3) is 0 Å². The molecule has 0 bridgehead atoms. The molecule has 1 N–H and O–H groups in total. The Morgan fingerprint density at radius 3 is 1.40 bits per heavy atom. The second-order valence-corrected chi connectivity index (χ2v) is 5.32. The van der Waals surface area contributed by atoms with Gasteiger partial charge in [-0.15, -0.1) is 0 Å². The first kappa shape index (κ1) is 18.6. The maximum Gasteiger partial charge on any atom is 0.303 e. The predicted molar refractivity (Wildman–Crippen MR) is 78.3 cm³/mol. The number of unbranched alkanes of at least 4 members (excludes halogenated alkanes) is 10. The Morgan fingerprint density at radius 2 is 1.05 bits per heavy atom. The minimum atomic E-state index is -0.693. The lowest BCUT2D eigenvalue weighted by molar-refractivity contribution is -0.137. The first-order valence-electron chi connectivity index (χ1n) is 7.81. The van der Waals surface area contributed by atoms with Gasteiger partial charge < -0.3 is 5.11 Å². The van der Waals surface area contributed by atoms with E-state index in [4.69, 9.17) is 10.4 Å². The smallest absolute Gasteiger partial charge is 0.303 e. The number of Topliss-reactive ketones (excluding diaryl/α,β-unsaturated/α-hetero) is 1. The largest absolute Gasteiger partial charge is 0.481 e. The standard InChI is InChI=1S/C16H27NO3/c17-14-15(18)12-10-8-6-4-2-1-3-5-7-9-11-13-16(19)20/h1-13H2,(H,19,20). The zero-order valence-corrected chi connectivity index (χ0v) is 12.4. The average Bonchev–Trinajstić information content (AvgIpc) is 2.43. The molecule has 0 aliphatic carbocycles. The number of nitriles is 1. The van der Waals surface area contributed by atoms with E-state index in [-0.39, 0.29) is 5.78 Å². The maximum atomic E-state index is 10.7. The minimum absolute atomic E-state index is 0.298. The van der Waals surface area contributed by atoms with Crippen LogP contribution in [0.1, 0.15) is 83.5 Å². The highest BCUT2D eigenvalue weighted by Gasteiger charge is 1.99. The first-order valence-corrected chi connectivity index (χ1v) is 7.81. The fourth-order valence-electron chi connectivity index (χ4n) is 2.21. The third kappa shape index (κ3) is 14.7. The number of nitrogens with zero attached hydrogens (tertiary/aromatic N) is 1. The van der Waals surface area contributed by atoms with Crippen LogP contribution in [-0.4, -0.2) is 16.9 Å². The van der Waals surface area contributed by atoms with Gasteiger partial charge in [0.25, 0.3) is 0 Å². The van der Waals surface area contributed by atoms with Crippen molar-refractivity contribution in [2.24, 2.45) is 0 Å². The van der Waals surface area contributed by atoms with E-state index in [1.165, 1.54) is 32.1 Å². The van der Waals surface area contributed by atoms with E-state index < -0.39 is 5.97 Å². The van der Waals surface area contributed by atoms with Crippen molar-refractivity contribution in [3.05, 3.63) is 0 Å². The van der Waals surface area contributed by atoms with Crippen molar-refractivity contribution in [3.8, 4) is 6.07 Å². The highest BCUT2D eigenvalue weighted by molar-refractivity contribution is 5.93. The molecule has 114 valence electrons. The summed E-state index contributed by atoms with van der Waals surface area (Å²) in [4.78, 5) is 21.0. The lowest BCUT2D eigenvalue weighted by atomic mass is 10.0. The normalized spacial score (nSPS) is 10.2. The van der Waals surface area contributed by atoms with Gasteiger partial charge in [-0.3, -0.25) is 9.59 Å². The molecule has 0 saturated heterocycles. The number of carboxylic acids is 1. The molecule has 4 heteroatoms. The summed E-state index contributed by atoms with van der Waals surface area (Å²) in [5.41, 5.74) is 0. The quantitative estimate of drug-likeness (QED) is 0.381. The second-order valence-electron chi connectivity index (χ2n) is 5.32. The number of carboxylic acid groups (broad SMARTS) is 1. The van der Waals surface area contributed by atoms with Crippen LogP contribution in [-0.2, 0) is 9.59 Å². The summed E-state index contributed by atoms with van der Waals surface area (Å²) < 4.78 is 0. The molecule has 0 aliphatic heterocycles. The van der Waals surface area contributed by atoms with E-state index in [2.05, 4.69) is 0 Å². The molecule has 0 aromatic carbocycles. The highest BCUT2D eigenvalue weighted by Crippen LogP contribution is 2.12. The van der Waals surface area contributed by atoms with E-state index >= 15 is 0 Å². The Kier molecular flexibility index (Phi) is 13.1. The zero-order chi connectivity index (χ0) is 15.1. The van der Waals surface area contributed by atoms with Crippen LogP contribution in [0.3, 0.4) is 0 Å². The van der Waals surface area contributed by atoms with Crippen molar-refractivity contribution in [3.63, 3.8) is 0 Å². The molecule has 0 heterocycles. The van der Waals surface area contributed by atoms with E-state index in [1.807, 2.05) is 0 Å². The van der Waals surface area contributed by atoms with Crippen LogP contribution in [0.4, 0.5) is 0 Å². The molecule has 0 spiro atoms. The molecule has 4 nitrogen and oxygen atoms in total. The molecule has 0 radical (unpaired) electrons. The van der Waals surface area contributed by atoms with E-state index in [9.17, 15) is 9.59 Å². The minimum Gasteiger partial charge on any atom is -0.481 e. The Bertz CT molecular complexity index is 307. The van der Waals surface area contributed by atoms with Crippen LogP contribution >= 0.6 is 0 Å². The summed E-state index contributed by atoms with van der Waals surface area (Å²) in [5, 5.41) is 16.8. The van der Waals surface area contributed by atoms with Crippen molar-refractivity contribution in [1.29, 1.82) is 5.26 Å². The van der Waals surface area contributed by atoms with Gasteiger partial charge in [0, 0.05) is 12.8 Å². The second kappa shape index (κ2) is 14.0. The summed E-state index contributed by atoms with van der Waals surface area (Å²) in [6.45, 7) is 0. The van der Waals surface area contributed by atoms with Crippen LogP contribution in [0.2, 0.25) is 0 Å². The molecule has 0 amide bonds. The van der Waals surface area contributed by atoms with Crippen molar-refractivity contribution in [2.75, 3.05) is 0 Å². The topological polar surface area (TPSA) is 78.2 Å². The molecule has 20 heavy (non-hydrogen) atoms. The highest BCUT2D eigenvalue weighted by atomic mass is 16.4. The van der Waals surface area contributed by atoms with E-state index in [0.29, 0.717) is 12.8 Å². The van der Waals surface area contributed by atoms with Crippen molar-refractivity contribution in [1.82, 2.24) is 0 Å². The average molecular weight is 281 g/mol. The molecule has 0 unspecified atom stereocenters. The Balaban J connectivity index is 3.05. The molecule has 0 aromatic heterocycles. The molecule has 0 rings (SSSR count). The van der Waals surface area contributed by atoms with E-state index in [0.717, 1.165) is 38.5 Å². The Hall–Kier alpha value is -1.37. The molecule has 0 saturated carbocycles. The first-order chi connectivity index (χ1) is 9.66. The third-order valence-corrected chi connectivity index (χ3v) is 3.42. The molecule has 0 fully saturated rings. The van der Waals surface area contributed by atoms with Gasteiger partial charge in [0.1, 0.15) is 6.07 Å². The van der Waals surface area contributed by atoms with Crippen LogP contribution in [0.5, 0.6) is 0 Å². The number of rotatable bonds is 14. The molecular weight excluding hydrogens is 254 g/mol. The number of carbonyl (C=O) groups is 2. The third-order valence-electron chi connectivity index (χ3n) is 3.42. The maximum absolute atomic E-state index is 10.7. The number of hydrogen-bond donors (Lipinski definition) is 1. The van der Waals surface area contributed by atoms with Gasteiger partial charge in [-0.25, -0.2) is 0 Å². The Labute approximate surface area is 122 Å². The van der Waals surface area contributed by atoms with Crippen molar-refractivity contribution >= 4 is 11.8 Å². The summed E-state index contributed by atoms with van der Waals surface area (Å²) in [5.74, 6) is -0.991. The lowest BCUT2D eigenvalue weighted by Gasteiger charge is -2.02. The zero-order valence-electron chi connectivity index (χ0n) is 12.4. The molecular formula is C16H27NO3. The van der Waals surface area contributed by atoms with Gasteiger partial charge in [-0.2, -0.15) is 5.26 Å². The van der Waals surface area contributed by atoms with Crippen LogP contribution in [0.15, 0.2) is 0 Å². The summed E-state index contributed by atoms with van der Waals surface area (Å²) >= 11 is 0. The number of hydrogen-bond acceptors (Lipinski definition) is 3. The summed E-state index contributed by atoms with van der Waals surface area (Å²) in [7, 11) is 0. The monoisotopic (exact) mass is 281 g/mol.